The van der Waals surface area contributed by atoms with E-state index in [9.17, 15) is 9.59 Å². The normalized spacial score (nSPS) is 10.1. The minimum absolute atomic E-state index is 0.243. The van der Waals surface area contributed by atoms with E-state index in [0.717, 1.165) is 11.3 Å². The molecule has 1 N–H and O–H groups in total. The van der Waals surface area contributed by atoms with Gasteiger partial charge in [0.15, 0.2) is 0 Å². The van der Waals surface area contributed by atoms with Crippen molar-refractivity contribution in [2.24, 2.45) is 0 Å². The third kappa shape index (κ3) is 6.19. The fourth-order valence-corrected chi connectivity index (χ4v) is 1.47. The number of aliphatic carboxylic acids is 1. The van der Waals surface area contributed by atoms with Crippen LogP contribution in [0.3, 0.4) is 0 Å². The molecule has 0 bridgehead atoms. The van der Waals surface area contributed by atoms with Crippen LogP contribution >= 0.6 is 0 Å². The topological polar surface area (TPSA) is 76.1 Å². The van der Waals surface area contributed by atoms with Crippen LogP contribution in [-0.2, 0) is 14.3 Å². The standard InChI is InChI=1S/C14H19NO5/c1-11-4-3-5-12(8-11)20-7-6-15(2)13(16)9-19-10-14(17)18/h3-5,8H,6-7,9-10H2,1-2H3,(H,17,18). The molecular formula is C14H19NO5. The number of hydrogen-bond donors (Lipinski definition) is 1. The van der Waals surface area contributed by atoms with Crippen LogP contribution in [0.5, 0.6) is 5.75 Å². The van der Waals surface area contributed by atoms with Gasteiger partial charge in [0.1, 0.15) is 25.6 Å². The van der Waals surface area contributed by atoms with Gasteiger partial charge in [-0.15, -0.1) is 0 Å². The third-order valence-electron chi connectivity index (χ3n) is 2.56. The lowest BCUT2D eigenvalue weighted by Gasteiger charge is -2.17. The number of ether oxygens (including phenoxy) is 2. The Morgan fingerprint density at radius 1 is 1.30 bits per heavy atom. The van der Waals surface area contributed by atoms with Crippen molar-refractivity contribution < 1.29 is 24.2 Å². The Labute approximate surface area is 117 Å². The van der Waals surface area contributed by atoms with Crippen LogP contribution in [0.1, 0.15) is 5.56 Å². The van der Waals surface area contributed by atoms with Gasteiger partial charge >= 0.3 is 5.97 Å². The van der Waals surface area contributed by atoms with Gasteiger partial charge in [-0.3, -0.25) is 4.79 Å². The molecule has 0 unspecified atom stereocenters. The first-order valence-corrected chi connectivity index (χ1v) is 6.22. The van der Waals surface area contributed by atoms with Gasteiger partial charge in [-0.25, -0.2) is 4.79 Å². The van der Waals surface area contributed by atoms with Gasteiger partial charge in [0, 0.05) is 7.05 Å². The SMILES string of the molecule is Cc1cccc(OCCN(C)C(=O)COCC(=O)O)c1. The summed E-state index contributed by atoms with van der Waals surface area (Å²) in [7, 11) is 1.62. The molecule has 6 heteroatoms. The summed E-state index contributed by atoms with van der Waals surface area (Å²) < 4.78 is 10.2. The average Bonchev–Trinajstić information content (AvgIpc) is 2.38. The molecule has 6 nitrogen and oxygen atoms in total. The van der Waals surface area contributed by atoms with Crippen LogP contribution in [0, 0.1) is 6.92 Å². The first-order chi connectivity index (χ1) is 9.49. The van der Waals surface area contributed by atoms with Gasteiger partial charge in [0.05, 0.1) is 6.54 Å². The second-order valence-corrected chi connectivity index (χ2v) is 4.37. The smallest absolute Gasteiger partial charge is 0.329 e. The number of likely N-dealkylation sites (N-methyl/N-ethyl adjacent to an activating group) is 1. The summed E-state index contributed by atoms with van der Waals surface area (Å²) in [5.41, 5.74) is 1.11. The number of carbonyl (C=O) groups excluding carboxylic acids is 1. The van der Waals surface area contributed by atoms with E-state index in [1.807, 2.05) is 31.2 Å². The number of rotatable bonds is 8. The van der Waals surface area contributed by atoms with Crippen molar-refractivity contribution in [1.29, 1.82) is 0 Å². The van der Waals surface area contributed by atoms with E-state index in [4.69, 9.17) is 14.6 Å². The zero-order chi connectivity index (χ0) is 15.0. The Morgan fingerprint density at radius 3 is 2.70 bits per heavy atom. The van der Waals surface area contributed by atoms with Crippen LogP contribution in [0.15, 0.2) is 24.3 Å². The largest absolute Gasteiger partial charge is 0.492 e. The molecule has 0 aromatic heterocycles. The summed E-state index contributed by atoms with van der Waals surface area (Å²) in [6, 6.07) is 7.64. The van der Waals surface area contributed by atoms with E-state index in [2.05, 4.69) is 0 Å². The van der Waals surface area contributed by atoms with E-state index in [1.165, 1.54) is 4.90 Å². The average molecular weight is 281 g/mol. The number of hydrogen-bond acceptors (Lipinski definition) is 4. The molecule has 1 rings (SSSR count). The Morgan fingerprint density at radius 2 is 2.05 bits per heavy atom. The lowest BCUT2D eigenvalue weighted by atomic mass is 10.2. The third-order valence-corrected chi connectivity index (χ3v) is 2.56. The molecule has 0 saturated heterocycles. The highest BCUT2D eigenvalue weighted by Crippen LogP contribution is 2.11. The number of carboxylic acid groups (broad SMARTS) is 1. The van der Waals surface area contributed by atoms with Gasteiger partial charge in [0.25, 0.3) is 0 Å². The number of amides is 1. The Hall–Kier alpha value is -2.08. The van der Waals surface area contributed by atoms with Crippen molar-refractivity contribution in [3.8, 4) is 5.75 Å². The molecule has 0 radical (unpaired) electrons. The number of nitrogens with zero attached hydrogens (tertiary/aromatic N) is 1. The molecule has 1 amide bonds. The molecule has 0 saturated carbocycles. The van der Waals surface area contributed by atoms with Gasteiger partial charge in [0.2, 0.25) is 5.91 Å². The molecular weight excluding hydrogens is 262 g/mol. The Balaban J connectivity index is 2.23. The van der Waals surface area contributed by atoms with Crippen LogP contribution in [0.4, 0.5) is 0 Å². The summed E-state index contributed by atoms with van der Waals surface area (Å²) in [5.74, 6) is -0.615. The van der Waals surface area contributed by atoms with Crippen molar-refractivity contribution in [3.05, 3.63) is 29.8 Å². The number of benzene rings is 1. The highest BCUT2D eigenvalue weighted by molar-refractivity contribution is 5.77. The quantitative estimate of drug-likeness (QED) is 0.767. The molecule has 1 aromatic rings. The van der Waals surface area contributed by atoms with Crippen molar-refractivity contribution in [2.45, 2.75) is 6.92 Å². The minimum atomic E-state index is -1.09. The first-order valence-electron chi connectivity index (χ1n) is 6.22. The predicted octanol–water partition coefficient (Wildman–Crippen LogP) is 0.933. The molecule has 0 atom stereocenters. The molecule has 110 valence electrons. The molecule has 0 spiro atoms. The van der Waals surface area contributed by atoms with Gasteiger partial charge < -0.3 is 19.5 Å². The second-order valence-electron chi connectivity index (χ2n) is 4.37. The maximum absolute atomic E-state index is 11.6. The van der Waals surface area contributed by atoms with Crippen molar-refractivity contribution in [1.82, 2.24) is 4.90 Å². The Bertz CT molecular complexity index is 461. The molecule has 0 aliphatic carbocycles. The van der Waals surface area contributed by atoms with Crippen molar-refractivity contribution >= 4 is 11.9 Å². The van der Waals surface area contributed by atoms with E-state index < -0.39 is 12.6 Å². The monoisotopic (exact) mass is 281 g/mol. The molecule has 0 aliphatic heterocycles. The number of aryl methyl sites for hydroxylation is 1. The number of carboxylic acids is 1. The molecule has 0 fully saturated rings. The van der Waals surface area contributed by atoms with Gasteiger partial charge in [-0.2, -0.15) is 0 Å². The predicted molar refractivity (Wildman–Crippen MR) is 72.8 cm³/mol. The van der Waals surface area contributed by atoms with Crippen LogP contribution in [-0.4, -0.2) is 55.3 Å². The molecule has 0 heterocycles. The van der Waals surface area contributed by atoms with E-state index >= 15 is 0 Å². The van der Waals surface area contributed by atoms with Crippen LogP contribution in [0.25, 0.3) is 0 Å². The van der Waals surface area contributed by atoms with Gasteiger partial charge in [-0.05, 0) is 24.6 Å². The van der Waals surface area contributed by atoms with Gasteiger partial charge in [-0.1, -0.05) is 12.1 Å². The Kier molecular flexibility index (Phi) is 6.52. The van der Waals surface area contributed by atoms with E-state index in [-0.39, 0.29) is 12.5 Å². The summed E-state index contributed by atoms with van der Waals surface area (Å²) in [4.78, 5) is 23.3. The summed E-state index contributed by atoms with van der Waals surface area (Å²) in [6.07, 6.45) is 0. The summed E-state index contributed by atoms with van der Waals surface area (Å²) >= 11 is 0. The van der Waals surface area contributed by atoms with Crippen LogP contribution in [0.2, 0.25) is 0 Å². The number of carbonyl (C=O) groups is 2. The molecule has 20 heavy (non-hydrogen) atoms. The maximum atomic E-state index is 11.6. The van der Waals surface area contributed by atoms with E-state index in [0.29, 0.717) is 13.2 Å². The van der Waals surface area contributed by atoms with Crippen molar-refractivity contribution in [3.63, 3.8) is 0 Å². The lowest BCUT2D eigenvalue weighted by Crippen LogP contribution is -2.34. The van der Waals surface area contributed by atoms with Crippen molar-refractivity contribution in [2.75, 3.05) is 33.4 Å². The zero-order valence-corrected chi connectivity index (χ0v) is 11.7. The minimum Gasteiger partial charge on any atom is -0.492 e. The fourth-order valence-electron chi connectivity index (χ4n) is 1.47. The van der Waals surface area contributed by atoms with Crippen LogP contribution < -0.4 is 4.74 Å². The highest BCUT2D eigenvalue weighted by Gasteiger charge is 2.09. The zero-order valence-electron chi connectivity index (χ0n) is 11.7. The highest BCUT2D eigenvalue weighted by atomic mass is 16.5. The second kappa shape index (κ2) is 8.16. The van der Waals surface area contributed by atoms with E-state index in [1.54, 1.807) is 7.05 Å². The summed E-state index contributed by atoms with van der Waals surface area (Å²) in [5, 5.41) is 8.38. The first kappa shape index (κ1) is 16.0. The fraction of sp³-hybridized carbons (Fsp3) is 0.429. The molecule has 0 aliphatic rings. The maximum Gasteiger partial charge on any atom is 0.329 e. The summed E-state index contributed by atoms with van der Waals surface area (Å²) in [6.45, 7) is 2.03. The molecule has 1 aromatic carbocycles. The lowest BCUT2D eigenvalue weighted by molar-refractivity contribution is -0.145.